The number of aromatic nitrogens is 2. The summed E-state index contributed by atoms with van der Waals surface area (Å²) in [4.78, 5) is 7.33. The summed E-state index contributed by atoms with van der Waals surface area (Å²) in [6, 6.07) is 8.86. The predicted molar refractivity (Wildman–Crippen MR) is 62.4 cm³/mol. The molecule has 1 heterocycles. The maximum absolute atomic E-state index is 12.9. The first-order valence-electron chi connectivity index (χ1n) is 5.11. The van der Waals surface area contributed by atoms with Crippen molar-refractivity contribution in [1.29, 1.82) is 0 Å². The number of nitrogens with zero attached hydrogens (tertiary/aromatic N) is 2. The van der Waals surface area contributed by atoms with E-state index >= 15 is 0 Å². The van der Waals surface area contributed by atoms with Crippen LogP contribution in [-0.4, -0.2) is 17.1 Å². The largest absolute Gasteiger partial charge is 0.380 e. The van der Waals surface area contributed by atoms with E-state index in [9.17, 15) is 4.39 Å². The van der Waals surface area contributed by atoms with Gasteiger partial charge in [0, 0.05) is 24.4 Å². The smallest absolute Gasteiger partial charge is 0.218 e. The fraction of sp³-hybridized carbons (Fsp3) is 0.167. The summed E-state index contributed by atoms with van der Waals surface area (Å²) >= 11 is 0. The van der Waals surface area contributed by atoms with Gasteiger partial charge in [-0.2, -0.15) is 4.39 Å². The summed E-state index contributed by atoms with van der Waals surface area (Å²) in [6.45, 7) is 0.483. The van der Waals surface area contributed by atoms with E-state index in [1.807, 2.05) is 24.3 Å². The second-order valence-corrected chi connectivity index (χ2v) is 3.44. The average molecular weight is 233 g/mol. The Morgan fingerprint density at radius 1 is 1.29 bits per heavy atom. The lowest BCUT2D eigenvalue weighted by Gasteiger charge is -2.10. The Bertz CT molecular complexity index is 505. The van der Waals surface area contributed by atoms with Gasteiger partial charge in [-0.15, -0.1) is 0 Å². The van der Waals surface area contributed by atoms with Crippen LogP contribution in [-0.2, 0) is 11.3 Å². The van der Waals surface area contributed by atoms with E-state index in [1.54, 1.807) is 7.11 Å². The molecule has 1 aromatic heterocycles. The molecule has 1 N–H and O–H groups in total. The number of anilines is 2. The molecule has 0 aliphatic rings. The Morgan fingerprint density at radius 2 is 2.12 bits per heavy atom. The normalized spacial score (nSPS) is 10.2. The van der Waals surface area contributed by atoms with Crippen molar-refractivity contribution in [3.05, 3.63) is 48.2 Å². The third-order valence-corrected chi connectivity index (χ3v) is 2.21. The highest BCUT2D eigenvalue weighted by atomic mass is 19.1. The fourth-order valence-corrected chi connectivity index (χ4v) is 1.46. The molecule has 0 radical (unpaired) electrons. The molecule has 2 aromatic rings. The number of halogens is 1. The van der Waals surface area contributed by atoms with E-state index in [-0.39, 0.29) is 0 Å². The average Bonchev–Trinajstić information content (AvgIpc) is 2.32. The molecule has 0 fully saturated rings. The van der Waals surface area contributed by atoms with E-state index in [2.05, 4.69) is 15.3 Å². The van der Waals surface area contributed by atoms with Crippen molar-refractivity contribution < 1.29 is 9.13 Å². The first-order valence-corrected chi connectivity index (χ1v) is 5.11. The third kappa shape index (κ3) is 2.98. The highest BCUT2D eigenvalue weighted by Crippen LogP contribution is 2.19. The van der Waals surface area contributed by atoms with Crippen LogP contribution in [0.25, 0.3) is 0 Å². The van der Waals surface area contributed by atoms with Gasteiger partial charge in [0.2, 0.25) is 5.95 Å². The molecule has 4 nitrogen and oxygen atoms in total. The van der Waals surface area contributed by atoms with Crippen LogP contribution >= 0.6 is 0 Å². The van der Waals surface area contributed by atoms with Crippen molar-refractivity contribution in [3.63, 3.8) is 0 Å². The number of rotatable bonds is 4. The zero-order chi connectivity index (χ0) is 12.1. The molecule has 0 aliphatic carbocycles. The minimum absolute atomic E-state index is 0.418. The van der Waals surface area contributed by atoms with Gasteiger partial charge in [0.15, 0.2) is 0 Å². The predicted octanol–water partition coefficient (Wildman–Crippen LogP) is 2.51. The number of nitrogens with one attached hydrogen (secondary N) is 1. The van der Waals surface area contributed by atoms with Crippen LogP contribution in [0.5, 0.6) is 0 Å². The van der Waals surface area contributed by atoms with Gasteiger partial charge < -0.3 is 10.1 Å². The molecule has 0 atom stereocenters. The number of ether oxygens (including phenoxy) is 1. The zero-order valence-electron chi connectivity index (χ0n) is 9.35. The molecular formula is C12H12FN3O. The number of hydrogen-bond acceptors (Lipinski definition) is 4. The molecule has 2 rings (SSSR count). The summed E-state index contributed by atoms with van der Waals surface area (Å²) < 4.78 is 18.0. The molecule has 0 saturated heterocycles. The first kappa shape index (κ1) is 11.5. The number of benzene rings is 1. The first-order chi connectivity index (χ1) is 8.29. The van der Waals surface area contributed by atoms with Gasteiger partial charge in [-0.05, 0) is 6.07 Å². The minimum atomic E-state index is -0.563. The number of para-hydroxylation sites is 1. The van der Waals surface area contributed by atoms with Crippen molar-refractivity contribution in [1.82, 2.24) is 9.97 Å². The molecule has 0 unspecified atom stereocenters. The highest BCUT2D eigenvalue weighted by Gasteiger charge is 2.03. The van der Waals surface area contributed by atoms with Crippen molar-refractivity contribution >= 4 is 11.5 Å². The van der Waals surface area contributed by atoms with E-state index in [0.29, 0.717) is 12.4 Å². The van der Waals surface area contributed by atoms with Gasteiger partial charge in [-0.25, -0.2) is 9.97 Å². The number of methoxy groups -OCH3 is 1. The van der Waals surface area contributed by atoms with E-state index < -0.39 is 5.95 Å². The molecule has 1 aromatic carbocycles. The summed E-state index contributed by atoms with van der Waals surface area (Å²) in [5.74, 6) is -0.146. The minimum Gasteiger partial charge on any atom is -0.380 e. The molecule has 5 heteroatoms. The second kappa shape index (κ2) is 5.36. The zero-order valence-corrected chi connectivity index (χ0v) is 9.35. The van der Waals surface area contributed by atoms with Gasteiger partial charge in [0.1, 0.15) is 12.1 Å². The van der Waals surface area contributed by atoms with Crippen LogP contribution in [0, 0.1) is 5.95 Å². The van der Waals surface area contributed by atoms with Crippen molar-refractivity contribution in [3.8, 4) is 0 Å². The van der Waals surface area contributed by atoms with Gasteiger partial charge in [0.05, 0.1) is 6.61 Å². The Morgan fingerprint density at radius 3 is 2.88 bits per heavy atom. The molecule has 0 spiro atoms. The molecule has 0 saturated carbocycles. The lowest BCUT2D eigenvalue weighted by atomic mass is 10.2. The highest BCUT2D eigenvalue weighted by molar-refractivity contribution is 5.59. The van der Waals surface area contributed by atoms with E-state index in [1.165, 1.54) is 12.4 Å². The summed E-state index contributed by atoms with van der Waals surface area (Å²) in [6.07, 6.45) is 1.18. The van der Waals surface area contributed by atoms with Gasteiger partial charge in [-0.1, -0.05) is 18.2 Å². The Hall–Kier alpha value is -2.01. The van der Waals surface area contributed by atoms with Crippen LogP contribution < -0.4 is 5.32 Å². The quantitative estimate of drug-likeness (QED) is 0.824. The maximum Gasteiger partial charge on any atom is 0.218 e. The van der Waals surface area contributed by atoms with E-state index in [4.69, 9.17) is 4.74 Å². The second-order valence-electron chi connectivity index (χ2n) is 3.44. The van der Waals surface area contributed by atoms with Crippen LogP contribution in [0.2, 0.25) is 0 Å². The molecule has 0 amide bonds. The van der Waals surface area contributed by atoms with Gasteiger partial charge in [-0.3, -0.25) is 0 Å². The molecular weight excluding hydrogens is 221 g/mol. The molecule has 17 heavy (non-hydrogen) atoms. The molecule has 88 valence electrons. The van der Waals surface area contributed by atoms with Crippen LogP contribution in [0.3, 0.4) is 0 Å². The van der Waals surface area contributed by atoms with Gasteiger partial charge in [0.25, 0.3) is 0 Å². The van der Waals surface area contributed by atoms with E-state index in [0.717, 1.165) is 11.3 Å². The Labute approximate surface area is 98.5 Å². The lowest BCUT2D eigenvalue weighted by Crippen LogP contribution is -1.99. The van der Waals surface area contributed by atoms with Crippen LogP contribution in [0.15, 0.2) is 36.7 Å². The van der Waals surface area contributed by atoms with Crippen molar-refractivity contribution in [2.45, 2.75) is 6.61 Å². The standard InChI is InChI=1S/C12H12FN3O/c1-17-7-9-4-2-3-5-10(9)16-12-6-11(13)14-8-15-12/h2-6,8H,7H2,1H3,(H,14,15,16). The summed E-state index contributed by atoms with van der Waals surface area (Å²) in [5.41, 5.74) is 1.82. The van der Waals surface area contributed by atoms with Crippen LogP contribution in [0.1, 0.15) is 5.56 Å². The Balaban J connectivity index is 2.23. The van der Waals surface area contributed by atoms with Gasteiger partial charge >= 0.3 is 0 Å². The molecule has 0 aliphatic heterocycles. The van der Waals surface area contributed by atoms with Crippen LogP contribution in [0.4, 0.5) is 15.9 Å². The SMILES string of the molecule is COCc1ccccc1Nc1cc(F)ncn1. The summed E-state index contributed by atoms with van der Waals surface area (Å²) in [7, 11) is 1.63. The summed E-state index contributed by atoms with van der Waals surface area (Å²) in [5, 5.41) is 3.03. The third-order valence-electron chi connectivity index (χ3n) is 2.21. The maximum atomic E-state index is 12.9. The lowest BCUT2D eigenvalue weighted by molar-refractivity contribution is 0.185. The van der Waals surface area contributed by atoms with Crippen molar-refractivity contribution in [2.24, 2.45) is 0 Å². The fourth-order valence-electron chi connectivity index (χ4n) is 1.46. The monoisotopic (exact) mass is 233 g/mol. The Kier molecular flexibility index (Phi) is 3.62. The number of hydrogen-bond donors (Lipinski definition) is 1. The molecule has 0 bridgehead atoms. The van der Waals surface area contributed by atoms with Crippen molar-refractivity contribution in [2.75, 3.05) is 12.4 Å². The topological polar surface area (TPSA) is 47.0 Å².